The molecule has 0 aromatic heterocycles. The fourth-order valence-corrected chi connectivity index (χ4v) is 3.06. The molecule has 0 heterocycles. The van der Waals surface area contributed by atoms with E-state index in [1.165, 1.54) is 0 Å². The molecule has 0 saturated heterocycles. The normalized spacial score (nSPS) is 15.8. The summed E-state index contributed by atoms with van der Waals surface area (Å²) in [5.74, 6) is -4.76. The Kier molecular flexibility index (Phi) is 13.3. The smallest absolute Gasteiger partial charge is 0.326 e. The monoisotopic (exact) mass is 472 g/mol. The van der Waals surface area contributed by atoms with Crippen LogP contribution in [0.1, 0.15) is 67.2 Å². The number of nitrogens with two attached hydrogens (primary N) is 1. The molecule has 0 aliphatic rings. The first kappa shape index (κ1) is 30.3. The van der Waals surface area contributed by atoms with Gasteiger partial charge in [-0.05, 0) is 30.6 Å². The molecule has 33 heavy (non-hydrogen) atoms. The lowest BCUT2D eigenvalue weighted by Crippen LogP contribution is -2.59. The highest BCUT2D eigenvalue weighted by Gasteiger charge is 2.32. The minimum absolute atomic E-state index is 0.0192. The summed E-state index contributed by atoms with van der Waals surface area (Å²) >= 11 is 0. The number of hydrogen-bond donors (Lipinski definition) is 6. The lowest BCUT2D eigenvalue weighted by molar-refractivity contribution is -0.143. The molecule has 11 nitrogen and oxygen atoms in total. The molecule has 11 heteroatoms. The summed E-state index contributed by atoms with van der Waals surface area (Å²) in [6, 6.07) is -4.21. The zero-order valence-corrected chi connectivity index (χ0v) is 20.4. The fraction of sp³-hybridized carbons (Fsp3) is 0.773. The zero-order valence-electron chi connectivity index (χ0n) is 20.4. The van der Waals surface area contributed by atoms with Crippen LogP contribution < -0.4 is 21.7 Å². The largest absolute Gasteiger partial charge is 0.481 e. The molecular weight excluding hydrogens is 432 g/mol. The van der Waals surface area contributed by atoms with Gasteiger partial charge in [-0.1, -0.05) is 48.0 Å². The lowest BCUT2D eigenvalue weighted by Gasteiger charge is -2.28. The third-order valence-corrected chi connectivity index (χ3v) is 5.41. The summed E-state index contributed by atoms with van der Waals surface area (Å²) in [4.78, 5) is 60.4. The maximum absolute atomic E-state index is 13.0. The Balaban J connectivity index is 5.47. The van der Waals surface area contributed by atoms with E-state index in [9.17, 15) is 29.1 Å². The molecule has 190 valence electrons. The maximum Gasteiger partial charge on any atom is 0.326 e. The van der Waals surface area contributed by atoms with Crippen LogP contribution in [0.5, 0.6) is 0 Å². The van der Waals surface area contributed by atoms with Crippen LogP contribution in [-0.2, 0) is 24.0 Å². The predicted octanol–water partition coefficient (Wildman–Crippen LogP) is 0.466. The molecule has 0 aromatic carbocycles. The molecule has 0 aromatic rings. The van der Waals surface area contributed by atoms with Gasteiger partial charge in [0.15, 0.2) is 0 Å². The van der Waals surface area contributed by atoms with E-state index in [2.05, 4.69) is 16.0 Å². The molecule has 0 aliphatic heterocycles. The van der Waals surface area contributed by atoms with Crippen molar-refractivity contribution in [2.24, 2.45) is 23.5 Å². The standard InChI is InChI=1S/C22H40N4O7/c1-7-13(6)17(23)20(30)26-18(12(4)5)21(31)25-15(10-11(2)3)19(29)24-14(22(32)33)8-9-16(27)28/h11-15,17-18H,7-10,23H2,1-6H3,(H,24,29)(H,25,31)(H,26,30)(H,27,28)(H,32,33). The van der Waals surface area contributed by atoms with Gasteiger partial charge in [-0.3, -0.25) is 19.2 Å². The molecule has 0 saturated carbocycles. The number of carbonyl (C=O) groups is 5. The quantitative estimate of drug-likeness (QED) is 0.198. The van der Waals surface area contributed by atoms with Crippen LogP contribution in [0.2, 0.25) is 0 Å². The average Bonchev–Trinajstić information content (AvgIpc) is 2.71. The van der Waals surface area contributed by atoms with Gasteiger partial charge in [0, 0.05) is 6.42 Å². The van der Waals surface area contributed by atoms with Crippen molar-refractivity contribution in [3.05, 3.63) is 0 Å². The number of aliphatic carboxylic acids is 2. The molecule has 0 radical (unpaired) electrons. The Morgan fingerprint density at radius 1 is 0.818 bits per heavy atom. The summed E-state index contributed by atoms with van der Waals surface area (Å²) in [5, 5.41) is 25.7. The SMILES string of the molecule is CCC(C)C(N)C(=O)NC(C(=O)NC(CC(C)C)C(=O)NC(CCC(=O)O)C(=O)O)C(C)C. The summed E-state index contributed by atoms with van der Waals surface area (Å²) < 4.78 is 0. The van der Waals surface area contributed by atoms with E-state index in [1.54, 1.807) is 13.8 Å². The minimum Gasteiger partial charge on any atom is -0.481 e. The molecule has 3 amide bonds. The van der Waals surface area contributed by atoms with Crippen molar-refractivity contribution in [3.63, 3.8) is 0 Å². The van der Waals surface area contributed by atoms with Crippen molar-refractivity contribution < 1.29 is 34.2 Å². The Morgan fingerprint density at radius 3 is 1.79 bits per heavy atom. The number of carboxylic acid groups (broad SMARTS) is 2. The van der Waals surface area contributed by atoms with Gasteiger partial charge < -0.3 is 31.9 Å². The number of amides is 3. The van der Waals surface area contributed by atoms with Crippen LogP contribution in [-0.4, -0.2) is 64.0 Å². The second-order valence-corrected chi connectivity index (χ2v) is 9.16. The maximum atomic E-state index is 13.0. The molecule has 0 rings (SSSR count). The van der Waals surface area contributed by atoms with Gasteiger partial charge in [-0.15, -0.1) is 0 Å². The molecule has 7 N–H and O–H groups in total. The van der Waals surface area contributed by atoms with Gasteiger partial charge >= 0.3 is 11.9 Å². The molecular formula is C22H40N4O7. The molecule has 0 fully saturated rings. The summed E-state index contributed by atoms with van der Waals surface area (Å²) in [6.45, 7) is 10.9. The lowest BCUT2D eigenvalue weighted by atomic mass is 9.96. The van der Waals surface area contributed by atoms with Crippen LogP contribution in [0.3, 0.4) is 0 Å². The van der Waals surface area contributed by atoms with E-state index >= 15 is 0 Å². The van der Waals surface area contributed by atoms with Crippen molar-refractivity contribution >= 4 is 29.7 Å². The first-order valence-electron chi connectivity index (χ1n) is 11.3. The Hall–Kier alpha value is -2.69. The third kappa shape index (κ3) is 11.1. The number of rotatable bonds is 15. The van der Waals surface area contributed by atoms with Gasteiger partial charge in [0.05, 0.1) is 6.04 Å². The topological polar surface area (TPSA) is 188 Å². The van der Waals surface area contributed by atoms with Crippen LogP contribution in [0.25, 0.3) is 0 Å². The molecule has 5 unspecified atom stereocenters. The highest BCUT2D eigenvalue weighted by atomic mass is 16.4. The van der Waals surface area contributed by atoms with Gasteiger partial charge in [0.2, 0.25) is 17.7 Å². The van der Waals surface area contributed by atoms with Crippen LogP contribution in [0.15, 0.2) is 0 Å². The Morgan fingerprint density at radius 2 is 1.36 bits per heavy atom. The second-order valence-electron chi connectivity index (χ2n) is 9.16. The minimum atomic E-state index is -1.41. The predicted molar refractivity (Wildman–Crippen MR) is 122 cm³/mol. The van der Waals surface area contributed by atoms with Crippen molar-refractivity contribution in [3.8, 4) is 0 Å². The van der Waals surface area contributed by atoms with Crippen molar-refractivity contribution in [2.75, 3.05) is 0 Å². The van der Waals surface area contributed by atoms with E-state index < -0.39 is 60.2 Å². The Bertz CT molecular complexity index is 696. The van der Waals surface area contributed by atoms with Crippen molar-refractivity contribution in [1.82, 2.24) is 16.0 Å². The highest BCUT2D eigenvalue weighted by Crippen LogP contribution is 2.11. The first-order valence-corrected chi connectivity index (χ1v) is 11.3. The number of carboxylic acids is 2. The highest BCUT2D eigenvalue weighted by molar-refractivity contribution is 5.94. The summed E-state index contributed by atoms with van der Waals surface area (Å²) in [5.41, 5.74) is 5.96. The van der Waals surface area contributed by atoms with Gasteiger partial charge in [-0.25, -0.2) is 4.79 Å². The van der Waals surface area contributed by atoms with Gasteiger partial charge in [-0.2, -0.15) is 0 Å². The van der Waals surface area contributed by atoms with Crippen LogP contribution in [0.4, 0.5) is 0 Å². The average molecular weight is 473 g/mol. The summed E-state index contributed by atoms with van der Waals surface area (Å²) in [6.07, 6.45) is 0.178. The Labute approximate surface area is 195 Å². The fourth-order valence-electron chi connectivity index (χ4n) is 3.06. The number of nitrogens with one attached hydrogen (secondary N) is 3. The number of hydrogen-bond acceptors (Lipinski definition) is 6. The first-order chi connectivity index (χ1) is 15.2. The van der Waals surface area contributed by atoms with E-state index in [1.807, 2.05) is 27.7 Å². The van der Waals surface area contributed by atoms with Gasteiger partial charge in [0.25, 0.3) is 0 Å². The number of carbonyl (C=O) groups excluding carboxylic acids is 3. The van der Waals surface area contributed by atoms with Crippen molar-refractivity contribution in [1.29, 1.82) is 0 Å². The zero-order chi connectivity index (χ0) is 25.9. The van der Waals surface area contributed by atoms with E-state index in [4.69, 9.17) is 10.8 Å². The third-order valence-electron chi connectivity index (χ3n) is 5.41. The second kappa shape index (κ2) is 14.5. The molecule has 0 bridgehead atoms. The van der Waals surface area contributed by atoms with E-state index in [-0.39, 0.29) is 30.6 Å². The molecule has 0 aliphatic carbocycles. The van der Waals surface area contributed by atoms with E-state index in [0.29, 0.717) is 6.42 Å². The van der Waals surface area contributed by atoms with Crippen LogP contribution >= 0.6 is 0 Å². The molecule has 0 spiro atoms. The molecule has 5 atom stereocenters. The summed E-state index contributed by atoms with van der Waals surface area (Å²) in [7, 11) is 0. The van der Waals surface area contributed by atoms with Crippen LogP contribution in [0, 0.1) is 17.8 Å². The van der Waals surface area contributed by atoms with Crippen molar-refractivity contribution in [2.45, 2.75) is 91.4 Å². The van der Waals surface area contributed by atoms with E-state index in [0.717, 1.165) is 0 Å². The van der Waals surface area contributed by atoms with Gasteiger partial charge in [0.1, 0.15) is 18.1 Å².